The van der Waals surface area contributed by atoms with Gasteiger partial charge in [-0.1, -0.05) is 37.3 Å². The Morgan fingerprint density at radius 2 is 1.88 bits per heavy atom. The highest BCUT2D eigenvalue weighted by atomic mass is 32.2. The van der Waals surface area contributed by atoms with E-state index < -0.39 is 10.0 Å². The van der Waals surface area contributed by atoms with E-state index in [1.165, 1.54) is 0 Å². The summed E-state index contributed by atoms with van der Waals surface area (Å²) in [5.41, 5.74) is 2.52. The van der Waals surface area contributed by atoms with Crippen LogP contribution in [0.1, 0.15) is 43.4 Å². The molecule has 0 aromatic heterocycles. The summed E-state index contributed by atoms with van der Waals surface area (Å²) in [7, 11) is -3.65. The van der Waals surface area contributed by atoms with Crippen molar-refractivity contribution >= 4 is 21.6 Å². The van der Waals surface area contributed by atoms with Crippen molar-refractivity contribution in [2.24, 2.45) is 0 Å². The summed E-state index contributed by atoms with van der Waals surface area (Å²) in [4.78, 5) is 13.9. The number of hydrogen-bond acceptors (Lipinski definition) is 3. The van der Waals surface area contributed by atoms with Crippen LogP contribution in [0.4, 0.5) is 5.69 Å². The number of amides is 1. The van der Waals surface area contributed by atoms with Crippen molar-refractivity contribution in [2.45, 2.75) is 44.0 Å². The topological polar surface area (TPSA) is 66.5 Å². The van der Waals surface area contributed by atoms with Crippen LogP contribution < -0.4 is 9.62 Å². The van der Waals surface area contributed by atoms with Gasteiger partial charge in [-0.05, 0) is 49.1 Å². The van der Waals surface area contributed by atoms with E-state index in [1.54, 1.807) is 23.1 Å². The highest BCUT2D eigenvalue weighted by Crippen LogP contribution is 2.28. The Balaban J connectivity index is 1.85. The van der Waals surface area contributed by atoms with Gasteiger partial charge in [-0.2, -0.15) is 0 Å². The lowest BCUT2D eigenvalue weighted by molar-refractivity contribution is -0.117. The molecule has 1 aliphatic rings. The lowest BCUT2D eigenvalue weighted by Gasteiger charge is -2.20. The van der Waals surface area contributed by atoms with Crippen LogP contribution in [0.15, 0.2) is 53.4 Å². The second-order valence-corrected chi connectivity index (χ2v) is 8.30. The lowest BCUT2D eigenvalue weighted by atomic mass is 10.1. The van der Waals surface area contributed by atoms with Crippen molar-refractivity contribution in [3.05, 3.63) is 59.7 Å². The number of hydrogen-bond donors (Lipinski definition) is 1. The summed E-state index contributed by atoms with van der Waals surface area (Å²) in [5, 5.41) is 0. The lowest BCUT2D eigenvalue weighted by Crippen LogP contribution is -2.29. The zero-order chi connectivity index (χ0) is 18.7. The van der Waals surface area contributed by atoms with Crippen LogP contribution in [-0.4, -0.2) is 20.9 Å². The second kappa shape index (κ2) is 7.60. The fourth-order valence-electron chi connectivity index (χ4n) is 3.33. The van der Waals surface area contributed by atoms with Gasteiger partial charge in [0.25, 0.3) is 0 Å². The fourth-order valence-corrected chi connectivity index (χ4v) is 4.72. The fraction of sp³-hybridized carbons (Fsp3) is 0.350. The summed E-state index contributed by atoms with van der Waals surface area (Å²) in [6.07, 6.45) is 2.05. The van der Waals surface area contributed by atoms with Crippen LogP contribution in [0, 0.1) is 6.92 Å². The van der Waals surface area contributed by atoms with Gasteiger partial charge < -0.3 is 4.90 Å². The number of rotatable bonds is 6. The molecule has 5 nitrogen and oxygen atoms in total. The maximum atomic E-state index is 12.8. The molecule has 1 fully saturated rings. The summed E-state index contributed by atoms with van der Waals surface area (Å²) >= 11 is 0. The summed E-state index contributed by atoms with van der Waals surface area (Å²) in [6, 6.07) is 14.2. The molecule has 1 atom stereocenters. The first-order valence-electron chi connectivity index (χ1n) is 8.90. The van der Waals surface area contributed by atoms with E-state index in [-0.39, 0.29) is 16.8 Å². The van der Waals surface area contributed by atoms with Gasteiger partial charge in [0.15, 0.2) is 0 Å². The number of carbonyl (C=O) groups is 1. The van der Waals surface area contributed by atoms with Gasteiger partial charge in [-0.3, -0.25) is 4.79 Å². The van der Waals surface area contributed by atoms with Crippen LogP contribution in [-0.2, 0) is 14.8 Å². The Labute approximate surface area is 155 Å². The Morgan fingerprint density at radius 1 is 1.15 bits per heavy atom. The van der Waals surface area contributed by atoms with Gasteiger partial charge in [0.1, 0.15) is 0 Å². The first-order chi connectivity index (χ1) is 12.4. The van der Waals surface area contributed by atoms with Crippen molar-refractivity contribution in [1.29, 1.82) is 0 Å². The zero-order valence-electron chi connectivity index (χ0n) is 15.1. The van der Waals surface area contributed by atoms with Crippen molar-refractivity contribution in [1.82, 2.24) is 4.72 Å². The van der Waals surface area contributed by atoms with E-state index in [9.17, 15) is 13.2 Å². The molecule has 0 unspecified atom stereocenters. The summed E-state index contributed by atoms with van der Waals surface area (Å²) < 4.78 is 28.5. The molecule has 2 aromatic rings. The van der Waals surface area contributed by atoms with E-state index in [2.05, 4.69) is 4.72 Å². The van der Waals surface area contributed by atoms with Gasteiger partial charge in [-0.25, -0.2) is 13.1 Å². The molecule has 1 saturated heterocycles. The molecule has 6 heteroatoms. The summed E-state index contributed by atoms with van der Waals surface area (Å²) in [6.45, 7) is 4.48. The van der Waals surface area contributed by atoms with Crippen LogP contribution in [0.2, 0.25) is 0 Å². The molecule has 1 heterocycles. The largest absolute Gasteiger partial charge is 0.312 e. The highest BCUT2D eigenvalue weighted by molar-refractivity contribution is 7.89. The first-order valence-corrected chi connectivity index (χ1v) is 10.4. The van der Waals surface area contributed by atoms with E-state index >= 15 is 0 Å². The van der Waals surface area contributed by atoms with Gasteiger partial charge in [0, 0.05) is 24.7 Å². The molecule has 26 heavy (non-hydrogen) atoms. The van der Waals surface area contributed by atoms with Crippen LogP contribution in [0.3, 0.4) is 0 Å². The molecular weight excluding hydrogens is 348 g/mol. The van der Waals surface area contributed by atoms with Crippen LogP contribution in [0.25, 0.3) is 0 Å². The van der Waals surface area contributed by atoms with Crippen molar-refractivity contribution in [3.63, 3.8) is 0 Å². The number of nitrogens with one attached hydrogen (secondary N) is 1. The molecule has 1 N–H and O–H groups in total. The predicted molar refractivity (Wildman–Crippen MR) is 103 cm³/mol. The van der Waals surface area contributed by atoms with Gasteiger partial charge in [0.05, 0.1) is 4.90 Å². The van der Waals surface area contributed by atoms with Crippen LogP contribution in [0.5, 0.6) is 0 Å². The quantitative estimate of drug-likeness (QED) is 0.843. The third-order valence-corrected chi connectivity index (χ3v) is 6.22. The molecule has 0 aliphatic carbocycles. The Morgan fingerprint density at radius 3 is 2.46 bits per heavy atom. The molecular formula is C20H24N2O3S. The number of aryl methyl sites for hydroxylation is 1. The normalized spacial score (nSPS) is 16.1. The molecule has 0 radical (unpaired) electrons. The third kappa shape index (κ3) is 3.81. The average Bonchev–Trinajstić information content (AvgIpc) is 3.06. The van der Waals surface area contributed by atoms with E-state index in [4.69, 9.17) is 0 Å². The minimum absolute atomic E-state index is 0.0944. The minimum atomic E-state index is -3.65. The molecule has 1 aliphatic heterocycles. The monoisotopic (exact) mass is 372 g/mol. The Hall–Kier alpha value is -2.18. The maximum absolute atomic E-state index is 12.8. The van der Waals surface area contributed by atoms with Gasteiger partial charge in [0.2, 0.25) is 15.9 Å². The number of anilines is 1. The average molecular weight is 372 g/mol. The van der Waals surface area contributed by atoms with E-state index in [0.29, 0.717) is 19.4 Å². The molecule has 138 valence electrons. The molecule has 1 amide bonds. The SMILES string of the molecule is CC[C@H](NS(=O)(=O)c1ccc(N2CCCC2=O)c(C)c1)c1ccccc1. The second-order valence-electron chi connectivity index (χ2n) is 6.59. The Kier molecular flexibility index (Phi) is 5.44. The highest BCUT2D eigenvalue weighted by Gasteiger charge is 2.25. The van der Waals surface area contributed by atoms with E-state index in [0.717, 1.165) is 23.2 Å². The van der Waals surface area contributed by atoms with Gasteiger partial charge in [-0.15, -0.1) is 0 Å². The summed E-state index contributed by atoms with van der Waals surface area (Å²) in [5.74, 6) is 0.0944. The maximum Gasteiger partial charge on any atom is 0.241 e. The van der Waals surface area contributed by atoms with Crippen molar-refractivity contribution in [2.75, 3.05) is 11.4 Å². The third-order valence-electron chi connectivity index (χ3n) is 4.75. The van der Waals surface area contributed by atoms with Crippen molar-refractivity contribution < 1.29 is 13.2 Å². The zero-order valence-corrected chi connectivity index (χ0v) is 15.9. The molecule has 3 rings (SSSR count). The standard InChI is InChI=1S/C20H24N2O3S/c1-3-18(16-8-5-4-6-9-16)21-26(24,25)17-11-12-19(15(2)14-17)22-13-7-10-20(22)23/h4-6,8-9,11-12,14,18,21H,3,7,10,13H2,1-2H3/t18-/m0/s1. The van der Waals surface area contributed by atoms with E-state index in [1.807, 2.05) is 44.2 Å². The Bertz CT molecular complexity index is 895. The van der Waals surface area contributed by atoms with Crippen molar-refractivity contribution in [3.8, 4) is 0 Å². The smallest absolute Gasteiger partial charge is 0.241 e. The number of carbonyl (C=O) groups excluding carboxylic acids is 1. The molecule has 2 aromatic carbocycles. The van der Waals surface area contributed by atoms with Crippen LogP contribution >= 0.6 is 0 Å². The molecule has 0 bridgehead atoms. The van der Waals surface area contributed by atoms with Gasteiger partial charge >= 0.3 is 0 Å². The first kappa shape index (κ1) is 18.6. The minimum Gasteiger partial charge on any atom is -0.312 e. The molecule has 0 spiro atoms. The molecule has 0 saturated carbocycles. The number of nitrogens with zero attached hydrogens (tertiary/aromatic N) is 1. The number of sulfonamides is 1. The predicted octanol–water partition coefficient (Wildman–Crippen LogP) is 3.55. The number of benzene rings is 2.